The second kappa shape index (κ2) is 11.0. The molecule has 0 saturated carbocycles. The van der Waals surface area contributed by atoms with Crippen LogP contribution in [0.1, 0.15) is 25.6 Å². The molecule has 1 fully saturated rings. The first-order chi connectivity index (χ1) is 17.1. The zero-order chi connectivity index (χ0) is 25.8. The van der Waals surface area contributed by atoms with Crippen molar-refractivity contribution in [3.63, 3.8) is 0 Å². The van der Waals surface area contributed by atoms with E-state index in [0.717, 1.165) is 43.5 Å². The van der Waals surface area contributed by atoms with Gasteiger partial charge in [0.1, 0.15) is 21.6 Å². The van der Waals surface area contributed by atoms with E-state index < -0.39 is 21.8 Å². The summed E-state index contributed by atoms with van der Waals surface area (Å²) in [5.74, 6) is -1.05. The molecular weight excluding hydrogens is 517 g/mol. The van der Waals surface area contributed by atoms with Crippen molar-refractivity contribution in [2.24, 2.45) is 0 Å². The lowest BCUT2D eigenvalue weighted by atomic mass is 10.3. The molecule has 1 aliphatic heterocycles. The van der Waals surface area contributed by atoms with Gasteiger partial charge < -0.3 is 20.3 Å². The van der Waals surface area contributed by atoms with Crippen LogP contribution in [-0.2, 0) is 16.0 Å². The molecule has 36 heavy (non-hydrogen) atoms. The van der Waals surface area contributed by atoms with Gasteiger partial charge in [-0.3, -0.25) is 0 Å². The first-order valence-electron chi connectivity index (χ1n) is 11.3. The molecule has 4 rings (SSSR count). The van der Waals surface area contributed by atoms with Gasteiger partial charge in [-0.15, -0.1) is 0 Å². The maximum Gasteiger partial charge on any atom is 0.451 e. The first kappa shape index (κ1) is 26.1. The largest absolute Gasteiger partial charge is 0.494 e. The summed E-state index contributed by atoms with van der Waals surface area (Å²) in [7, 11) is -3.90. The summed E-state index contributed by atoms with van der Waals surface area (Å²) in [6, 6.07) is 7.39. The molecule has 194 valence electrons. The fourth-order valence-electron chi connectivity index (χ4n) is 3.64. The summed E-state index contributed by atoms with van der Waals surface area (Å²) >= 11 is 0.783. The number of halogens is 3. The molecule has 2 N–H and O–H groups in total. The van der Waals surface area contributed by atoms with Crippen molar-refractivity contribution >= 4 is 37.9 Å². The van der Waals surface area contributed by atoms with E-state index >= 15 is 0 Å². The topological polar surface area (TPSA) is 109 Å². The Balaban J connectivity index is 1.52. The number of rotatable bonds is 10. The fraction of sp³-hybridized carbons (Fsp3) is 0.409. The Hall–Kier alpha value is -2.97. The molecule has 0 radical (unpaired) electrons. The molecule has 3 aromatic rings. The molecule has 0 unspecified atom stereocenters. The first-order valence-corrected chi connectivity index (χ1v) is 13.6. The highest BCUT2D eigenvalue weighted by atomic mass is 32.2. The number of hydrogen-bond donors (Lipinski definition) is 2. The highest BCUT2D eigenvalue weighted by Crippen LogP contribution is 2.33. The second-order valence-electron chi connectivity index (χ2n) is 7.96. The third kappa shape index (κ3) is 6.42. The standard InChI is InChI=1S/C22H25F3N6O3S2/c1-2-34-15-6-5-7-16(12-15)36(32,33)19-14-27-21(35-19)30-18-13-17(28-20(29-18)22(23,24)25)26-8-11-31-9-3-4-10-31/h5-7,12-14H,2-4,8-11H2,1H3,(H2,26,27,28,29,30). The summed E-state index contributed by atoms with van der Waals surface area (Å²) in [5.41, 5.74) is 0. The third-order valence-electron chi connectivity index (χ3n) is 5.32. The van der Waals surface area contributed by atoms with Gasteiger partial charge in [0.2, 0.25) is 15.7 Å². The van der Waals surface area contributed by atoms with Crippen molar-refractivity contribution < 1.29 is 26.3 Å². The number of thiazole rings is 1. The molecule has 0 atom stereocenters. The smallest absolute Gasteiger partial charge is 0.451 e. The Bertz CT molecular complexity index is 1290. The average molecular weight is 543 g/mol. The maximum atomic E-state index is 13.4. The molecule has 0 aliphatic carbocycles. The highest BCUT2D eigenvalue weighted by Gasteiger charge is 2.35. The van der Waals surface area contributed by atoms with Crippen molar-refractivity contribution in [1.29, 1.82) is 0 Å². The second-order valence-corrected chi connectivity index (χ2v) is 11.2. The van der Waals surface area contributed by atoms with Crippen LogP contribution in [-0.4, -0.2) is 61.1 Å². The number of ether oxygens (including phenoxy) is 1. The van der Waals surface area contributed by atoms with Crippen LogP contribution in [0.15, 0.2) is 45.6 Å². The molecule has 0 spiro atoms. The summed E-state index contributed by atoms with van der Waals surface area (Å²) < 4.78 is 71.5. The van der Waals surface area contributed by atoms with Crippen LogP contribution in [0.5, 0.6) is 5.75 Å². The zero-order valence-electron chi connectivity index (χ0n) is 19.4. The molecule has 1 aromatic carbocycles. The molecule has 9 nitrogen and oxygen atoms in total. The molecule has 14 heteroatoms. The number of hydrogen-bond acceptors (Lipinski definition) is 10. The van der Waals surface area contributed by atoms with Gasteiger partial charge in [-0.2, -0.15) is 13.2 Å². The quantitative estimate of drug-likeness (QED) is 0.384. The zero-order valence-corrected chi connectivity index (χ0v) is 21.0. The van der Waals surface area contributed by atoms with Gasteiger partial charge in [0, 0.05) is 19.2 Å². The van der Waals surface area contributed by atoms with Crippen LogP contribution >= 0.6 is 11.3 Å². The van der Waals surface area contributed by atoms with Gasteiger partial charge in [0.15, 0.2) is 5.13 Å². The molecule has 1 saturated heterocycles. The van der Waals surface area contributed by atoms with E-state index in [2.05, 4.69) is 30.5 Å². The van der Waals surface area contributed by atoms with E-state index in [-0.39, 0.29) is 25.9 Å². The van der Waals surface area contributed by atoms with Crippen molar-refractivity contribution in [3.8, 4) is 5.75 Å². The van der Waals surface area contributed by atoms with Crippen LogP contribution in [0, 0.1) is 0 Å². The number of anilines is 3. The predicted molar refractivity (Wildman–Crippen MR) is 130 cm³/mol. The Morgan fingerprint density at radius 3 is 2.61 bits per heavy atom. The Morgan fingerprint density at radius 1 is 1.14 bits per heavy atom. The molecule has 0 amide bonds. The van der Waals surface area contributed by atoms with Gasteiger partial charge >= 0.3 is 6.18 Å². The van der Waals surface area contributed by atoms with E-state index in [9.17, 15) is 21.6 Å². The molecule has 0 bridgehead atoms. The minimum atomic E-state index is -4.76. The Morgan fingerprint density at radius 2 is 1.89 bits per heavy atom. The van der Waals surface area contributed by atoms with Gasteiger partial charge in [-0.05, 0) is 51.1 Å². The lowest BCUT2D eigenvalue weighted by Gasteiger charge is -2.16. The van der Waals surface area contributed by atoms with Crippen LogP contribution in [0.25, 0.3) is 0 Å². The minimum absolute atomic E-state index is 0.0103. The molecule has 2 aromatic heterocycles. The van der Waals surface area contributed by atoms with E-state index in [0.29, 0.717) is 25.4 Å². The SMILES string of the molecule is CCOc1cccc(S(=O)(=O)c2cnc(Nc3cc(NCCN4CCCC4)nc(C(F)(F)F)n3)s2)c1. The summed E-state index contributed by atoms with van der Waals surface area (Å²) in [6.07, 6.45) is -1.38. The van der Waals surface area contributed by atoms with E-state index in [1.54, 1.807) is 19.1 Å². The van der Waals surface area contributed by atoms with Crippen LogP contribution < -0.4 is 15.4 Å². The van der Waals surface area contributed by atoms with Gasteiger partial charge in [-0.25, -0.2) is 23.4 Å². The number of nitrogens with zero attached hydrogens (tertiary/aromatic N) is 4. The normalized spacial score (nSPS) is 14.7. The van der Waals surface area contributed by atoms with Gasteiger partial charge in [0.05, 0.1) is 17.7 Å². The lowest BCUT2D eigenvalue weighted by Crippen LogP contribution is -2.26. The number of likely N-dealkylation sites (tertiary alicyclic amines) is 1. The summed E-state index contributed by atoms with van der Waals surface area (Å²) in [5, 5.41) is 5.67. The van der Waals surface area contributed by atoms with Crippen molar-refractivity contribution in [2.45, 2.75) is 35.0 Å². The number of alkyl halides is 3. The predicted octanol–water partition coefficient (Wildman–Crippen LogP) is 4.43. The monoisotopic (exact) mass is 542 g/mol. The average Bonchev–Trinajstić information content (AvgIpc) is 3.52. The van der Waals surface area contributed by atoms with Crippen molar-refractivity contribution in [1.82, 2.24) is 19.9 Å². The lowest BCUT2D eigenvalue weighted by molar-refractivity contribution is -0.144. The Kier molecular flexibility index (Phi) is 7.95. The van der Waals surface area contributed by atoms with Gasteiger partial charge in [-0.1, -0.05) is 17.4 Å². The Labute approximate surface area is 210 Å². The molecule has 3 heterocycles. The van der Waals surface area contributed by atoms with Crippen molar-refractivity contribution in [2.75, 3.05) is 43.4 Å². The van der Waals surface area contributed by atoms with Crippen LogP contribution in [0.3, 0.4) is 0 Å². The van der Waals surface area contributed by atoms with Crippen molar-refractivity contribution in [3.05, 3.63) is 42.4 Å². The fourth-order valence-corrected chi connectivity index (χ4v) is 6.12. The number of aromatic nitrogens is 3. The number of nitrogens with one attached hydrogen (secondary N) is 2. The molecule has 1 aliphatic rings. The van der Waals surface area contributed by atoms with Crippen LogP contribution in [0.2, 0.25) is 0 Å². The van der Waals surface area contributed by atoms with E-state index in [1.807, 2.05) is 0 Å². The maximum absolute atomic E-state index is 13.4. The number of sulfone groups is 1. The summed E-state index contributed by atoms with van der Waals surface area (Å²) in [4.78, 5) is 13.4. The molecular formula is C22H25F3N6O3S2. The van der Waals surface area contributed by atoms with Gasteiger partial charge in [0.25, 0.3) is 0 Å². The highest BCUT2D eigenvalue weighted by molar-refractivity contribution is 7.93. The minimum Gasteiger partial charge on any atom is -0.494 e. The van der Waals surface area contributed by atoms with E-state index in [4.69, 9.17) is 4.74 Å². The third-order valence-corrected chi connectivity index (χ3v) is 8.45. The van der Waals surface area contributed by atoms with Crippen LogP contribution in [0.4, 0.5) is 29.9 Å². The summed E-state index contributed by atoms with van der Waals surface area (Å²) in [6.45, 7) is 5.22. The van der Waals surface area contributed by atoms with E-state index in [1.165, 1.54) is 18.2 Å². The number of benzene rings is 1.